The number of sulfone groups is 1. The Bertz CT molecular complexity index is 1400. The van der Waals surface area contributed by atoms with Crippen molar-refractivity contribution in [3.63, 3.8) is 0 Å². The Labute approximate surface area is 243 Å². The molecule has 11 heteroatoms. The Morgan fingerprint density at radius 3 is 2.41 bits per heavy atom. The highest BCUT2D eigenvalue weighted by Crippen LogP contribution is 2.52. The van der Waals surface area contributed by atoms with Gasteiger partial charge in [0.05, 0.1) is 39.1 Å². The van der Waals surface area contributed by atoms with E-state index in [1.165, 1.54) is 11.3 Å². The number of thiazole rings is 1. The average Bonchev–Trinajstić information content (AvgIpc) is 3.35. The quantitative estimate of drug-likeness (QED) is 0.339. The minimum atomic E-state index is -3.01. The van der Waals surface area contributed by atoms with Gasteiger partial charge in [-0.15, -0.1) is 11.3 Å². The summed E-state index contributed by atoms with van der Waals surface area (Å²) >= 11 is 1.38. The first-order chi connectivity index (χ1) is 19.4. The normalized spacial score (nSPS) is 26.8. The first-order valence-electron chi connectivity index (χ1n) is 14.4. The molecule has 1 aliphatic heterocycles. The maximum absolute atomic E-state index is 14.7. The highest BCUT2D eigenvalue weighted by Gasteiger charge is 2.48. The summed E-state index contributed by atoms with van der Waals surface area (Å²) in [6.07, 6.45) is -0.770. The van der Waals surface area contributed by atoms with E-state index in [9.17, 15) is 31.6 Å². The van der Waals surface area contributed by atoms with E-state index >= 15 is 0 Å². The van der Waals surface area contributed by atoms with Crippen molar-refractivity contribution in [2.75, 3.05) is 29.5 Å². The maximum Gasteiger partial charge on any atom is 0.249 e. The lowest BCUT2D eigenvalue weighted by molar-refractivity contribution is -0.126. The molecule has 2 aromatic rings. The predicted octanol–water partition coefficient (Wildman–Crippen LogP) is 6.53. The zero-order valence-electron chi connectivity index (χ0n) is 23.4. The third kappa shape index (κ3) is 6.64. The smallest absolute Gasteiger partial charge is 0.249 e. The predicted molar refractivity (Wildman–Crippen MR) is 154 cm³/mol. The van der Waals surface area contributed by atoms with Crippen LogP contribution in [0.25, 0.3) is 10.4 Å². The number of benzene rings is 1. The second-order valence-corrected chi connectivity index (χ2v) is 15.5. The number of ketones is 1. The Hall–Kier alpha value is -2.45. The summed E-state index contributed by atoms with van der Waals surface area (Å²) in [5.74, 6) is -4.41. The Kier molecular flexibility index (Phi) is 8.55. The third-order valence-corrected chi connectivity index (χ3v) is 11.8. The number of carbonyl (C=O) groups excluding carboxylic acids is 1. The van der Waals surface area contributed by atoms with Crippen molar-refractivity contribution in [2.24, 2.45) is 17.8 Å². The van der Waals surface area contributed by atoms with Crippen molar-refractivity contribution in [1.29, 1.82) is 5.26 Å². The molecule has 5 rings (SSSR count). The fraction of sp³-hybridized carbons (Fsp3) is 0.633. The van der Waals surface area contributed by atoms with Gasteiger partial charge in [-0.3, -0.25) is 4.79 Å². The van der Waals surface area contributed by atoms with Crippen LogP contribution in [0.3, 0.4) is 0 Å². The highest BCUT2D eigenvalue weighted by atomic mass is 32.2. The summed E-state index contributed by atoms with van der Waals surface area (Å²) in [6, 6.07) is 9.92. The molecule has 0 unspecified atom stereocenters. The summed E-state index contributed by atoms with van der Waals surface area (Å²) in [7, 11) is -3.01. The fourth-order valence-corrected chi connectivity index (χ4v) is 8.66. The van der Waals surface area contributed by atoms with Gasteiger partial charge in [-0.05, 0) is 42.9 Å². The number of halogens is 3. The fourth-order valence-electron chi connectivity index (χ4n) is 6.21. The molecule has 2 heterocycles. The van der Waals surface area contributed by atoms with Crippen molar-refractivity contribution in [3.8, 4) is 16.5 Å². The summed E-state index contributed by atoms with van der Waals surface area (Å²) in [5, 5.41) is 10.2. The monoisotopic (exact) mass is 607 g/mol. The number of nitrogens with zero attached hydrogens (tertiary/aromatic N) is 3. The average molecular weight is 608 g/mol. The number of nitriles is 1. The van der Waals surface area contributed by atoms with Crippen molar-refractivity contribution >= 4 is 32.6 Å². The SMILES string of the molecule is CC(C)[C@@H](C#N)CC(=O)[C@@H]1C[C@@H](F)CC[C@H]1c1nc(C2CC(F)(F)C2)sc1-c1ccc(N2CCS(=O)(=O)CC2)cc1. The van der Waals surface area contributed by atoms with E-state index in [1.807, 2.05) is 43.0 Å². The molecule has 3 fully saturated rings. The number of aromatic nitrogens is 1. The van der Waals surface area contributed by atoms with Crippen LogP contribution >= 0.6 is 11.3 Å². The van der Waals surface area contributed by atoms with E-state index in [4.69, 9.17) is 4.98 Å². The number of anilines is 1. The molecule has 4 atom stereocenters. The number of hydrogen-bond donors (Lipinski definition) is 0. The molecule has 0 amide bonds. The molecule has 1 saturated heterocycles. The van der Waals surface area contributed by atoms with Crippen LogP contribution in [0.2, 0.25) is 0 Å². The molecule has 222 valence electrons. The number of alkyl halides is 3. The lowest BCUT2D eigenvalue weighted by Gasteiger charge is -2.34. The van der Waals surface area contributed by atoms with Crippen LogP contribution in [-0.2, 0) is 14.6 Å². The van der Waals surface area contributed by atoms with E-state index in [2.05, 4.69) is 6.07 Å². The van der Waals surface area contributed by atoms with E-state index in [0.29, 0.717) is 36.6 Å². The highest BCUT2D eigenvalue weighted by molar-refractivity contribution is 7.91. The largest absolute Gasteiger partial charge is 0.369 e. The minimum Gasteiger partial charge on any atom is -0.369 e. The summed E-state index contributed by atoms with van der Waals surface area (Å²) < 4.78 is 65.9. The number of carbonyl (C=O) groups is 1. The molecular weight excluding hydrogens is 571 g/mol. The van der Waals surface area contributed by atoms with Gasteiger partial charge in [-0.2, -0.15) is 5.26 Å². The maximum atomic E-state index is 14.7. The van der Waals surface area contributed by atoms with Gasteiger partial charge in [-0.25, -0.2) is 26.6 Å². The topological polar surface area (TPSA) is 91.1 Å². The van der Waals surface area contributed by atoms with Gasteiger partial charge in [0, 0.05) is 55.8 Å². The Balaban J connectivity index is 1.47. The van der Waals surface area contributed by atoms with E-state index < -0.39 is 33.8 Å². The number of hydrogen-bond acceptors (Lipinski definition) is 7. The minimum absolute atomic E-state index is 0.00703. The number of Topliss-reactive ketones (excluding diaryl/α,β-unsaturated/α-hetero) is 1. The van der Waals surface area contributed by atoms with Crippen molar-refractivity contribution in [2.45, 2.75) is 76.3 Å². The summed E-state index contributed by atoms with van der Waals surface area (Å²) in [6.45, 7) is 4.63. The molecule has 0 N–H and O–H groups in total. The van der Waals surface area contributed by atoms with Gasteiger partial charge in [0.15, 0.2) is 9.84 Å². The molecule has 41 heavy (non-hydrogen) atoms. The second kappa shape index (κ2) is 11.7. The van der Waals surface area contributed by atoms with Crippen LogP contribution in [0.1, 0.15) is 74.9 Å². The summed E-state index contributed by atoms with van der Waals surface area (Å²) in [5.41, 5.74) is 2.41. The standard InChI is InChI=1S/C30H36F3N3O3S2/c1-18(2)20(17-34)13-26(37)25-14-22(31)5-8-24(25)27-28(40-29(35-27)21-15-30(32,33)16-21)19-3-6-23(7-4-19)36-9-11-41(38,39)12-10-36/h3-4,6-7,18,20-22,24-25H,5,8-16H2,1-2H3/t20-,22+,24-,25-/m1/s1. The molecule has 1 aromatic heterocycles. The molecule has 0 radical (unpaired) electrons. The lowest BCUT2D eigenvalue weighted by Crippen LogP contribution is -2.40. The van der Waals surface area contributed by atoms with Crippen LogP contribution in [0.5, 0.6) is 0 Å². The van der Waals surface area contributed by atoms with Crippen LogP contribution in [0.4, 0.5) is 18.9 Å². The molecule has 0 bridgehead atoms. The van der Waals surface area contributed by atoms with Crippen molar-refractivity contribution in [3.05, 3.63) is 35.0 Å². The third-order valence-electron chi connectivity index (χ3n) is 8.89. The molecule has 0 spiro atoms. The first kappa shape index (κ1) is 30.0. The van der Waals surface area contributed by atoms with Gasteiger partial charge < -0.3 is 4.90 Å². The Morgan fingerprint density at radius 2 is 1.83 bits per heavy atom. The molecule has 6 nitrogen and oxygen atoms in total. The number of rotatable bonds is 8. The second-order valence-electron chi connectivity index (χ2n) is 12.2. The molecular formula is C30H36F3N3O3S2. The molecule has 2 aliphatic carbocycles. The van der Waals surface area contributed by atoms with E-state index in [-0.39, 0.29) is 60.7 Å². The van der Waals surface area contributed by atoms with Crippen molar-refractivity contribution < 1.29 is 26.4 Å². The van der Waals surface area contributed by atoms with E-state index in [1.54, 1.807) is 0 Å². The van der Waals surface area contributed by atoms with Gasteiger partial charge in [-0.1, -0.05) is 26.0 Å². The van der Waals surface area contributed by atoms with Crippen molar-refractivity contribution in [1.82, 2.24) is 4.98 Å². The Morgan fingerprint density at radius 1 is 1.17 bits per heavy atom. The van der Waals surface area contributed by atoms with Crippen LogP contribution in [-0.4, -0.2) is 55.9 Å². The van der Waals surface area contributed by atoms with E-state index in [0.717, 1.165) is 16.1 Å². The first-order valence-corrected chi connectivity index (χ1v) is 17.0. The van der Waals surface area contributed by atoms with Gasteiger partial charge >= 0.3 is 0 Å². The molecule has 2 saturated carbocycles. The zero-order valence-corrected chi connectivity index (χ0v) is 25.0. The van der Waals surface area contributed by atoms with Gasteiger partial charge in [0.1, 0.15) is 12.0 Å². The lowest BCUT2D eigenvalue weighted by atomic mass is 9.72. The van der Waals surface area contributed by atoms with Crippen LogP contribution < -0.4 is 4.90 Å². The molecule has 3 aliphatic rings. The summed E-state index contributed by atoms with van der Waals surface area (Å²) in [4.78, 5) is 21.2. The van der Waals surface area contributed by atoms with Gasteiger partial charge in [0.25, 0.3) is 0 Å². The molecule has 1 aromatic carbocycles. The zero-order chi connectivity index (χ0) is 29.5. The van der Waals surface area contributed by atoms with Gasteiger partial charge in [0.2, 0.25) is 5.92 Å². The van der Waals surface area contributed by atoms with Crippen LogP contribution in [0.15, 0.2) is 24.3 Å². The van der Waals surface area contributed by atoms with Crippen LogP contribution in [0, 0.1) is 29.1 Å².